The van der Waals surface area contributed by atoms with E-state index in [1.165, 1.54) is 0 Å². The molecule has 0 saturated carbocycles. The molecule has 2 rings (SSSR count). The fourth-order valence-electron chi connectivity index (χ4n) is 1.41. The summed E-state index contributed by atoms with van der Waals surface area (Å²) in [5, 5.41) is 0. The maximum atomic E-state index is 9.96. The largest absolute Gasteiger partial charge is 0.456 e. The first-order valence-electron chi connectivity index (χ1n) is 4.92. The maximum absolute atomic E-state index is 9.96. The lowest BCUT2D eigenvalue weighted by atomic mass is 10.5. The summed E-state index contributed by atoms with van der Waals surface area (Å²) in [5.74, 6) is -0.0417. The molecule has 8 heteroatoms. The minimum absolute atomic E-state index is 0.0417. The third kappa shape index (κ3) is 3.29. The Morgan fingerprint density at radius 3 is 1.40 bits per heavy atom. The van der Waals surface area contributed by atoms with Crippen molar-refractivity contribution in [2.45, 2.75) is 12.8 Å². The zero-order valence-corrected chi connectivity index (χ0v) is 10.2. The third-order valence-corrected chi connectivity index (χ3v) is 7.31. The Balaban J connectivity index is 1.93. The van der Waals surface area contributed by atoms with E-state index in [0.717, 1.165) is 12.8 Å². The minimum atomic E-state index is -2.95. The summed E-state index contributed by atoms with van der Waals surface area (Å²) in [6.07, 6.45) is 1.53. The average Bonchev–Trinajstić information content (AvgIpc) is 2.18. The minimum Gasteiger partial charge on any atom is -0.190 e. The van der Waals surface area contributed by atoms with Crippen LogP contribution in [0.25, 0.3) is 0 Å². The maximum Gasteiger partial charge on any atom is 0.456 e. The van der Waals surface area contributed by atoms with E-state index in [-0.39, 0.29) is 5.90 Å². The summed E-state index contributed by atoms with van der Waals surface area (Å²) in [5.41, 5.74) is 0. The summed E-state index contributed by atoms with van der Waals surface area (Å²) in [6.45, 7) is 1.85. The van der Waals surface area contributed by atoms with Gasteiger partial charge in [-0.2, -0.15) is 27.9 Å². The van der Waals surface area contributed by atoms with Gasteiger partial charge in [0.1, 0.15) is 0 Å². The van der Waals surface area contributed by atoms with Crippen molar-refractivity contribution in [1.82, 2.24) is 0 Å². The molecule has 0 unspecified atom stereocenters. The number of hydrogen-bond donors (Lipinski definition) is 2. The lowest BCUT2D eigenvalue weighted by Gasteiger charge is -2.25. The second-order valence-corrected chi connectivity index (χ2v) is 8.17. The van der Waals surface area contributed by atoms with E-state index in [1.807, 2.05) is 0 Å². The molecule has 0 aromatic carbocycles. The summed E-state index contributed by atoms with van der Waals surface area (Å²) >= 11 is 0. The molecule has 6 nitrogen and oxygen atoms in total. The van der Waals surface area contributed by atoms with Crippen LogP contribution in [0.1, 0.15) is 12.8 Å². The van der Waals surface area contributed by atoms with E-state index in [1.54, 1.807) is 0 Å². The zero-order chi connectivity index (χ0) is 10.8. The highest BCUT2D eigenvalue weighted by molar-refractivity contribution is 7.77. The van der Waals surface area contributed by atoms with E-state index in [9.17, 15) is 9.79 Å². The van der Waals surface area contributed by atoms with E-state index in [0.29, 0.717) is 26.4 Å². The van der Waals surface area contributed by atoms with Crippen molar-refractivity contribution in [1.29, 1.82) is 0 Å². The van der Waals surface area contributed by atoms with Gasteiger partial charge in [-0.25, -0.2) is 0 Å². The monoisotopic (exact) mass is 258 g/mol. The van der Waals surface area contributed by atoms with Gasteiger partial charge in [-0.1, -0.05) is 0 Å². The first kappa shape index (κ1) is 12.1. The van der Waals surface area contributed by atoms with Crippen molar-refractivity contribution in [3.05, 3.63) is 0 Å². The van der Waals surface area contributed by atoms with Gasteiger partial charge in [0.25, 0.3) is 0 Å². The quantitative estimate of drug-likeness (QED) is 0.727. The molecule has 0 aromatic heterocycles. The van der Waals surface area contributed by atoms with Gasteiger partial charge in [-0.05, 0) is 0 Å². The SMILES string of the molecule is O[P+]1(C[P+]2(O)OCCCO2)OCCCO1. The summed E-state index contributed by atoms with van der Waals surface area (Å²) in [4.78, 5) is 19.9. The van der Waals surface area contributed by atoms with Crippen LogP contribution in [-0.2, 0) is 18.1 Å². The lowest BCUT2D eigenvalue weighted by molar-refractivity contribution is 0.108. The van der Waals surface area contributed by atoms with Crippen molar-refractivity contribution >= 4 is 15.9 Å². The Kier molecular flexibility index (Phi) is 3.92. The molecule has 88 valence electrons. The van der Waals surface area contributed by atoms with Crippen LogP contribution in [0.5, 0.6) is 0 Å². The molecule has 2 heterocycles. The lowest BCUT2D eigenvalue weighted by Crippen LogP contribution is -2.21. The standard InChI is InChI=1S/C7H16O6P2/c8-14(10-3-1-4-11-14)7-15(9)12-5-2-6-13-15/h8-9H,1-7H2/q+2. The highest BCUT2D eigenvalue weighted by atomic mass is 31.3. The van der Waals surface area contributed by atoms with Crippen molar-refractivity contribution < 1.29 is 27.9 Å². The van der Waals surface area contributed by atoms with E-state index in [2.05, 4.69) is 0 Å². The molecule has 15 heavy (non-hydrogen) atoms. The van der Waals surface area contributed by atoms with Crippen LogP contribution in [0.2, 0.25) is 0 Å². The second-order valence-electron chi connectivity index (χ2n) is 3.46. The molecule has 0 aliphatic carbocycles. The van der Waals surface area contributed by atoms with Crippen molar-refractivity contribution in [2.24, 2.45) is 0 Å². The van der Waals surface area contributed by atoms with Crippen LogP contribution in [0, 0.1) is 0 Å². The number of hydrogen-bond acceptors (Lipinski definition) is 6. The fraction of sp³-hybridized carbons (Fsp3) is 1.00. The van der Waals surface area contributed by atoms with Gasteiger partial charge < -0.3 is 0 Å². The molecular weight excluding hydrogens is 242 g/mol. The van der Waals surface area contributed by atoms with Crippen LogP contribution in [0.15, 0.2) is 0 Å². The molecule has 2 saturated heterocycles. The molecule has 0 atom stereocenters. The highest BCUT2D eigenvalue weighted by Gasteiger charge is 2.61. The van der Waals surface area contributed by atoms with E-state index < -0.39 is 15.9 Å². The van der Waals surface area contributed by atoms with Gasteiger partial charge in [0.05, 0.1) is 26.4 Å². The van der Waals surface area contributed by atoms with Crippen LogP contribution in [-0.4, -0.2) is 42.1 Å². The normalized spacial score (nSPS) is 30.0. The Morgan fingerprint density at radius 1 is 0.733 bits per heavy atom. The third-order valence-electron chi connectivity index (χ3n) is 2.11. The highest BCUT2D eigenvalue weighted by Crippen LogP contribution is 2.74. The molecular formula is C7H16O6P2+2. The number of rotatable bonds is 2. The summed E-state index contributed by atoms with van der Waals surface area (Å²) in [6, 6.07) is 0. The van der Waals surface area contributed by atoms with Crippen LogP contribution in [0.4, 0.5) is 0 Å². The molecule has 2 fully saturated rings. The first-order chi connectivity index (χ1) is 7.12. The molecule has 0 aromatic rings. The summed E-state index contributed by atoms with van der Waals surface area (Å²) < 4.78 is 20.7. The molecule has 0 bridgehead atoms. The van der Waals surface area contributed by atoms with Crippen molar-refractivity contribution in [3.8, 4) is 0 Å². The smallest absolute Gasteiger partial charge is 0.190 e. The molecule has 2 aliphatic heterocycles. The second kappa shape index (κ2) is 4.86. The molecule has 0 radical (unpaired) electrons. The predicted molar refractivity (Wildman–Crippen MR) is 56.2 cm³/mol. The van der Waals surface area contributed by atoms with Crippen LogP contribution >= 0.6 is 15.9 Å². The average molecular weight is 258 g/mol. The van der Waals surface area contributed by atoms with Crippen LogP contribution < -0.4 is 0 Å². The zero-order valence-electron chi connectivity index (χ0n) is 8.37. The van der Waals surface area contributed by atoms with Gasteiger partial charge >= 0.3 is 21.8 Å². The van der Waals surface area contributed by atoms with Gasteiger partial charge in [0, 0.05) is 12.8 Å². The fourth-order valence-corrected chi connectivity index (χ4v) is 6.33. The van der Waals surface area contributed by atoms with Gasteiger partial charge in [-0.3, -0.25) is 0 Å². The van der Waals surface area contributed by atoms with E-state index >= 15 is 0 Å². The Morgan fingerprint density at radius 2 is 1.07 bits per heavy atom. The molecule has 2 aliphatic rings. The Bertz CT molecular complexity index is 192. The van der Waals surface area contributed by atoms with Crippen molar-refractivity contribution in [2.75, 3.05) is 32.3 Å². The topological polar surface area (TPSA) is 77.4 Å². The Hall–Kier alpha value is 0.620. The molecule has 0 amide bonds. The van der Waals surface area contributed by atoms with E-state index in [4.69, 9.17) is 18.1 Å². The van der Waals surface area contributed by atoms with Crippen LogP contribution in [0.3, 0.4) is 0 Å². The molecule has 0 spiro atoms. The molecule has 2 N–H and O–H groups in total. The summed E-state index contributed by atoms with van der Waals surface area (Å²) in [7, 11) is -5.90. The first-order valence-corrected chi connectivity index (χ1v) is 8.44. The van der Waals surface area contributed by atoms with Crippen molar-refractivity contribution in [3.63, 3.8) is 0 Å². The Labute approximate surface area is 89.6 Å². The predicted octanol–water partition coefficient (Wildman–Crippen LogP) is 1.33. The van der Waals surface area contributed by atoms with Gasteiger partial charge in [0.2, 0.25) is 0 Å². The van der Waals surface area contributed by atoms with Gasteiger partial charge in [-0.15, -0.1) is 0 Å². The van der Waals surface area contributed by atoms with Gasteiger partial charge in [0.15, 0.2) is 0 Å².